The number of nitrogens with one attached hydrogen (secondary N) is 1. The van der Waals surface area contributed by atoms with Gasteiger partial charge in [-0.25, -0.2) is 0 Å². The molecule has 0 fully saturated rings. The van der Waals surface area contributed by atoms with Crippen LogP contribution in [0.1, 0.15) is 31.2 Å². The van der Waals surface area contributed by atoms with Gasteiger partial charge < -0.3 is 5.32 Å². The molecule has 0 aromatic carbocycles. The number of unbranched alkanes of at least 4 members (excludes halogenated alkanes) is 3. The topological polar surface area (TPSA) is 61.6 Å². The Morgan fingerprint density at radius 1 is 1.35 bits per heavy atom. The van der Waals surface area contributed by atoms with Gasteiger partial charge in [0.1, 0.15) is 6.07 Å². The Kier molecular flexibility index (Phi) is 7.15. The highest BCUT2D eigenvalue weighted by molar-refractivity contribution is 7.98. The lowest BCUT2D eigenvalue weighted by atomic mass is 10.2. The molecular formula is C12H18N4S. The van der Waals surface area contributed by atoms with Gasteiger partial charge >= 0.3 is 0 Å². The van der Waals surface area contributed by atoms with E-state index < -0.39 is 0 Å². The van der Waals surface area contributed by atoms with Crippen LogP contribution in [0, 0.1) is 11.3 Å². The minimum atomic E-state index is 0.558. The molecule has 0 atom stereocenters. The lowest BCUT2D eigenvalue weighted by Crippen LogP contribution is -2.06. The van der Waals surface area contributed by atoms with E-state index in [1.54, 1.807) is 6.07 Å². The molecule has 0 saturated carbocycles. The van der Waals surface area contributed by atoms with Crippen molar-refractivity contribution in [1.29, 1.82) is 5.26 Å². The molecule has 5 heteroatoms. The van der Waals surface area contributed by atoms with Crippen molar-refractivity contribution in [3.05, 3.63) is 17.8 Å². The maximum absolute atomic E-state index is 8.86. The molecule has 1 rings (SSSR count). The average Bonchev–Trinajstić information content (AvgIpc) is 2.38. The molecule has 0 radical (unpaired) electrons. The highest BCUT2D eigenvalue weighted by atomic mass is 32.2. The summed E-state index contributed by atoms with van der Waals surface area (Å²) in [5, 5.41) is 19.7. The van der Waals surface area contributed by atoms with Gasteiger partial charge in [-0.15, -0.1) is 5.10 Å². The first-order valence-corrected chi connectivity index (χ1v) is 7.22. The highest BCUT2D eigenvalue weighted by Gasteiger charge is 2.01. The molecule has 17 heavy (non-hydrogen) atoms. The third-order valence-electron chi connectivity index (χ3n) is 2.41. The standard InChI is InChI=1S/C12H18N4S/c1-17-9-5-3-2-4-7-14-12-11(10-13)6-8-15-16-12/h6,8H,2-5,7,9H2,1H3,(H,14,16). The predicted octanol–water partition coefficient (Wildman–Crippen LogP) is 2.68. The summed E-state index contributed by atoms with van der Waals surface area (Å²) >= 11 is 1.90. The van der Waals surface area contributed by atoms with Crippen LogP contribution in [0.15, 0.2) is 12.3 Å². The summed E-state index contributed by atoms with van der Waals surface area (Å²) in [5.74, 6) is 1.84. The quantitative estimate of drug-likeness (QED) is 0.719. The Morgan fingerprint density at radius 2 is 2.18 bits per heavy atom. The van der Waals surface area contributed by atoms with E-state index in [0.717, 1.165) is 13.0 Å². The molecule has 0 amide bonds. The molecule has 0 saturated heterocycles. The summed E-state index contributed by atoms with van der Waals surface area (Å²) in [5.41, 5.74) is 0.558. The van der Waals surface area contributed by atoms with Gasteiger partial charge in [0, 0.05) is 6.54 Å². The van der Waals surface area contributed by atoms with E-state index in [4.69, 9.17) is 5.26 Å². The first-order chi connectivity index (χ1) is 8.38. The van der Waals surface area contributed by atoms with Crippen LogP contribution >= 0.6 is 11.8 Å². The number of aromatic nitrogens is 2. The lowest BCUT2D eigenvalue weighted by molar-refractivity contribution is 0.687. The van der Waals surface area contributed by atoms with E-state index in [-0.39, 0.29) is 0 Å². The van der Waals surface area contributed by atoms with Crippen molar-refractivity contribution in [3.8, 4) is 6.07 Å². The summed E-state index contributed by atoms with van der Waals surface area (Å²) in [6, 6.07) is 3.77. The predicted molar refractivity (Wildman–Crippen MR) is 72.1 cm³/mol. The second-order valence-corrected chi connectivity index (χ2v) is 4.72. The Balaban J connectivity index is 2.16. The molecule has 1 N–H and O–H groups in total. The normalized spacial score (nSPS) is 9.88. The molecule has 1 aromatic rings. The van der Waals surface area contributed by atoms with Crippen LogP contribution in [-0.4, -0.2) is 28.8 Å². The van der Waals surface area contributed by atoms with Crippen LogP contribution in [0.3, 0.4) is 0 Å². The average molecular weight is 250 g/mol. The van der Waals surface area contributed by atoms with E-state index in [2.05, 4.69) is 27.8 Å². The number of anilines is 1. The van der Waals surface area contributed by atoms with Crippen molar-refractivity contribution in [1.82, 2.24) is 10.2 Å². The molecule has 92 valence electrons. The summed E-state index contributed by atoms with van der Waals surface area (Å²) in [6.45, 7) is 0.854. The first kappa shape index (κ1) is 13.8. The van der Waals surface area contributed by atoms with Crippen LogP contribution in [-0.2, 0) is 0 Å². The van der Waals surface area contributed by atoms with E-state index >= 15 is 0 Å². The third kappa shape index (κ3) is 5.55. The van der Waals surface area contributed by atoms with Gasteiger partial charge in [-0.3, -0.25) is 0 Å². The smallest absolute Gasteiger partial charge is 0.166 e. The summed E-state index contributed by atoms with van der Waals surface area (Å²) in [7, 11) is 0. The van der Waals surface area contributed by atoms with E-state index in [9.17, 15) is 0 Å². The Labute approximate surface area is 107 Å². The van der Waals surface area contributed by atoms with E-state index in [1.165, 1.54) is 31.2 Å². The molecule has 0 aliphatic heterocycles. The maximum atomic E-state index is 8.86. The SMILES string of the molecule is CSCCCCCCNc1nnccc1C#N. The van der Waals surface area contributed by atoms with Gasteiger partial charge in [0.05, 0.1) is 11.8 Å². The zero-order chi connectivity index (χ0) is 12.3. The molecule has 0 aliphatic rings. The minimum Gasteiger partial charge on any atom is -0.367 e. The van der Waals surface area contributed by atoms with Crippen molar-refractivity contribution in [2.24, 2.45) is 0 Å². The summed E-state index contributed by atoms with van der Waals surface area (Å²) < 4.78 is 0. The van der Waals surface area contributed by atoms with Crippen molar-refractivity contribution in [3.63, 3.8) is 0 Å². The number of rotatable bonds is 8. The van der Waals surface area contributed by atoms with Gasteiger partial charge in [-0.1, -0.05) is 12.8 Å². The summed E-state index contributed by atoms with van der Waals surface area (Å²) in [6.07, 6.45) is 8.56. The zero-order valence-corrected chi connectivity index (χ0v) is 11.0. The van der Waals surface area contributed by atoms with Crippen molar-refractivity contribution in [2.75, 3.05) is 23.9 Å². The van der Waals surface area contributed by atoms with Gasteiger partial charge in [-0.2, -0.15) is 22.1 Å². The van der Waals surface area contributed by atoms with Crippen LogP contribution in [0.5, 0.6) is 0 Å². The summed E-state index contributed by atoms with van der Waals surface area (Å²) in [4.78, 5) is 0. The number of hydrogen-bond donors (Lipinski definition) is 1. The van der Waals surface area contributed by atoms with Crippen LogP contribution in [0.4, 0.5) is 5.82 Å². The van der Waals surface area contributed by atoms with Gasteiger partial charge in [0.25, 0.3) is 0 Å². The molecule has 1 aromatic heterocycles. The first-order valence-electron chi connectivity index (χ1n) is 5.83. The fourth-order valence-corrected chi connectivity index (χ4v) is 1.98. The monoisotopic (exact) mass is 250 g/mol. The number of hydrogen-bond acceptors (Lipinski definition) is 5. The van der Waals surface area contributed by atoms with Crippen LogP contribution in [0.25, 0.3) is 0 Å². The molecule has 0 aliphatic carbocycles. The Bertz CT molecular complexity index is 362. The zero-order valence-electron chi connectivity index (χ0n) is 10.1. The van der Waals surface area contributed by atoms with Crippen LogP contribution in [0.2, 0.25) is 0 Å². The van der Waals surface area contributed by atoms with Gasteiger partial charge in [-0.05, 0) is 30.9 Å². The van der Waals surface area contributed by atoms with Gasteiger partial charge in [0.2, 0.25) is 0 Å². The van der Waals surface area contributed by atoms with Crippen molar-refractivity contribution in [2.45, 2.75) is 25.7 Å². The minimum absolute atomic E-state index is 0.558. The Morgan fingerprint density at radius 3 is 2.94 bits per heavy atom. The highest BCUT2D eigenvalue weighted by Crippen LogP contribution is 2.09. The fraction of sp³-hybridized carbons (Fsp3) is 0.583. The molecule has 0 bridgehead atoms. The van der Waals surface area contributed by atoms with E-state index in [1.807, 2.05) is 11.8 Å². The van der Waals surface area contributed by atoms with E-state index in [0.29, 0.717) is 11.4 Å². The third-order valence-corrected chi connectivity index (χ3v) is 3.11. The second kappa shape index (κ2) is 8.82. The number of thioether (sulfide) groups is 1. The maximum Gasteiger partial charge on any atom is 0.166 e. The molecule has 0 spiro atoms. The molecule has 1 heterocycles. The lowest BCUT2D eigenvalue weighted by Gasteiger charge is -2.05. The number of nitriles is 1. The second-order valence-electron chi connectivity index (χ2n) is 3.74. The van der Waals surface area contributed by atoms with Crippen molar-refractivity contribution >= 4 is 17.6 Å². The fourth-order valence-electron chi connectivity index (χ4n) is 1.48. The Hall–Kier alpha value is -1.28. The molecule has 4 nitrogen and oxygen atoms in total. The van der Waals surface area contributed by atoms with Crippen molar-refractivity contribution < 1.29 is 0 Å². The van der Waals surface area contributed by atoms with Gasteiger partial charge in [0.15, 0.2) is 5.82 Å². The molecule has 0 unspecified atom stereocenters. The largest absolute Gasteiger partial charge is 0.367 e. The number of nitrogens with zero attached hydrogens (tertiary/aromatic N) is 3. The van der Waals surface area contributed by atoms with Crippen LogP contribution < -0.4 is 5.32 Å². The molecular weight excluding hydrogens is 232 g/mol.